The van der Waals surface area contributed by atoms with Crippen LogP contribution in [0.4, 0.5) is 0 Å². The first kappa shape index (κ1) is 16.3. The fourth-order valence-corrected chi connectivity index (χ4v) is 1.89. The van der Waals surface area contributed by atoms with Crippen molar-refractivity contribution in [1.82, 2.24) is 0 Å². The maximum atomic E-state index is 11.7. The molecule has 2 aromatic rings. The van der Waals surface area contributed by atoms with Crippen molar-refractivity contribution in [2.45, 2.75) is 0 Å². The smallest absolute Gasteiger partial charge is 0.178 e. The zero-order valence-corrected chi connectivity index (χ0v) is 12.8. The first-order valence-electron chi connectivity index (χ1n) is 7.17. The monoisotopic (exact) mass is 306 g/mol. The van der Waals surface area contributed by atoms with Gasteiger partial charge < -0.3 is 9.84 Å². The van der Waals surface area contributed by atoms with Gasteiger partial charge in [-0.15, -0.1) is 0 Å². The maximum absolute atomic E-state index is 11.7. The number of phenolic OH excluding ortho intramolecular Hbond substituents is 1. The Labute approximate surface area is 135 Å². The van der Waals surface area contributed by atoms with Crippen molar-refractivity contribution >= 4 is 17.9 Å². The highest BCUT2D eigenvalue weighted by Crippen LogP contribution is 2.13. The average Bonchev–Trinajstić information content (AvgIpc) is 2.57. The van der Waals surface area contributed by atoms with Crippen LogP contribution >= 0.6 is 0 Å². The molecule has 116 valence electrons. The molecule has 2 aromatic carbocycles. The molecule has 0 fully saturated rings. The average molecular weight is 306 g/mol. The van der Waals surface area contributed by atoms with Crippen molar-refractivity contribution in [1.29, 1.82) is 0 Å². The number of hydrogen-bond donors (Lipinski definition) is 1. The predicted octanol–water partition coefficient (Wildman–Crippen LogP) is 4.25. The van der Waals surface area contributed by atoms with Crippen LogP contribution in [0.1, 0.15) is 11.1 Å². The van der Waals surface area contributed by atoms with Gasteiger partial charge in [0.05, 0.1) is 7.11 Å². The molecule has 0 aromatic heterocycles. The minimum atomic E-state index is -0.0959. The number of ether oxygens (including phenoxy) is 1. The van der Waals surface area contributed by atoms with Crippen LogP contribution in [-0.2, 0) is 4.79 Å². The second kappa shape index (κ2) is 8.39. The van der Waals surface area contributed by atoms with Gasteiger partial charge in [0.2, 0.25) is 0 Å². The lowest BCUT2D eigenvalue weighted by Crippen LogP contribution is -1.85. The zero-order valence-electron chi connectivity index (χ0n) is 12.8. The Kier molecular flexibility index (Phi) is 5.95. The molecule has 0 spiro atoms. The van der Waals surface area contributed by atoms with E-state index >= 15 is 0 Å². The van der Waals surface area contributed by atoms with Gasteiger partial charge in [0.15, 0.2) is 5.78 Å². The molecular weight excluding hydrogens is 288 g/mol. The third-order valence-electron chi connectivity index (χ3n) is 3.09. The number of aromatic hydroxyl groups is 1. The van der Waals surface area contributed by atoms with Gasteiger partial charge in [-0.1, -0.05) is 48.6 Å². The van der Waals surface area contributed by atoms with E-state index in [0.29, 0.717) is 0 Å². The molecule has 0 atom stereocenters. The maximum Gasteiger partial charge on any atom is 0.178 e. The Balaban J connectivity index is 1.89. The number of phenols is 1. The zero-order chi connectivity index (χ0) is 16.5. The molecule has 0 unspecified atom stereocenters. The fourth-order valence-electron chi connectivity index (χ4n) is 1.89. The number of methoxy groups -OCH3 is 1. The van der Waals surface area contributed by atoms with Crippen LogP contribution in [-0.4, -0.2) is 18.0 Å². The second-order valence-corrected chi connectivity index (χ2v) is 4.82. The summed E-state index contributed by atoms with van der Waals surface area (Å²) in [5, 5.41) is 9.35. The first-order valence-corrected chi connectivity index (χ1v) is 7.17. The summed E-state index contributed by atoms with van der Waals surface area (Å²) in [4.78, 5) is 11.7. The van der Waals surface area contributed by atoms with Crippen molar-refractivity contribution in [2.24, 2.45) is 0 Å². The van der Waals surface area contributed by atoms with Crippen molar-refractivity contribution < 1.29 is 14.6 Å². The van der Waals surface area contributed by atoms with Crippen LogP contribution in [0.2, 0.25) is 0 Å². The number of hydrogen-bond acceptors (Lipinski definition) is 3. The third-order valence-corrected chi connectivity index (χ3v) is 3.09. The first-order chi connectivity index (χ1) is 11.2. The summed E-state index contributed by atoms with van der Waals surface area (Å²) in [6, 6.07) is 14.4. The topological polar surface area (TPSA) is 46.5 Å². The summed E-state index contributed by atoms with van der Waals surface area (Å²) in [5.74, 6) is 0.904. The summed E-state index contributed by atoms with van der Waals surface area (Å²) in [7, 11) is 1.61. The highest BCUT2D eigenvalue weighted by atomic mass is 16.5. The van der Waals surface area contributed by atoms with Crippen molar-refractivity contribution in [3.8, 4) is 11.5 Å². The molecular formula is C20H18O3. The van der Waals surface area contributed by atoms with Crippen LogP contribution in [0.15, 0.2) is 72.8 Å². The molecule has 3 nitrogen and oxygen atoms in total. The van der Waals surface area contributed by atoms with E-state index in [0.717, 1.165) is 16.9 Å². The molecule has 0 saturated heterocycles. The number of benzene rings is 2. The Hall–Kier alpha value is -3.07. The molecule has 0 bridgehead atoms. The standard InChI is InChI=1S/C20H18O3/c1-23-20-13-10-16(11-14-20)9-12-18(21)7-3-2-5-17-6-4-8-19(22)15-17/h2-15,22H,1H3. The van der Waals surface area contributed by atoms with Gasteiger partial charge in [0.1, 0.15) is 11.5 Å². The van der Waals surface area contributed by atoms with E-state index in [2.05, 4.69) is 0 Å². The van der Waals surface area contributed by atoms with E-state index < -0.39 is 0 Å². The highest BCUT2D eigenvalue weighted by Gasteiger charge is 1.92. The largest absolute Gasteiger partial charge is 0.508 e. The lowest BCUT2D eigenvalue weighted by molar-refractivity contribution is -0.110. The number of allylic oxidation sites excluding steroid dienone is 4. The van der Waals surface area contributed by atoms with Crippen molar-refractivity contribution in [3.63, 3.8) is 0 Å². The van der Waals surface area contributed by atoms with Crippen molar-refractivity contribution in [3.05, 3.63) is 84.0 Å². The minimum Gasteiger partial charge on any atom is -0.508 e. The molecule has 0 aliphatic rings. The summed E-state index contributed by atoms with van der Waals surface area (Å²) >= 11 is 0. The Morgan fingerprint density at radius 3 is 2.43 bits per heavy atom. The highest BCUT2D eigenvalue weighted by molar-refractivity contribution is 6.02. The Bertz CT molecular complexity index is 738. The molecule has 23 heavy (non-hydrogen) atoms. The molecule has 2 rings (SSSR count). The number of carbonyl (C=O) groups excluding carboxylic acids is 1. The van der Waals surface area contributed by atoms with Crippen LogP contribution in [0, 0.1) is 0 Å². The molecule has 0 saturated carbocycles. The summed E-state index contributed by atoms with van der Waals surface area (Å²) in [6.45, 7) is 0. The van der Waals surface area contributed by atoms with E-state index in [1.165, 1.54) is 12.2 Å². The van der Waals surface area contributed by atoms with Crippen LogP contribution < -0.4 is 4.74 Å². The third kappa shape index (κ3) is 5.67. The SMILES string of the molecule is COc1ccc(C=CC(=O)C=CC=Cc2cccc(O)c2)cc1. The molecule has 0 heterocycles. The Morgan fingerprint density at radius 2 is 1.74 bits per heavy atom. The van der Waals surface area contributed by atoms with E-state index in [4.69, 9.17) is 4.74 Å². The number of rotatable bonds is 6. The minimum absolute atomic E-state index is 0.0959. The molecule has 3 heteroatoms. The van der Waals surface area contributed by atoms with Gasteiger partial charge in [-0.3, -0.25) is 4.79 Å². The van der Waals surface area contributed by atoms with Crippen LogP contribution in [0.5, 0.6) is 11.5 Å². The van der Waals surface area contributed by atoms with Crippen LogP contribution in [0.3, 0.4) is 0 Å². The van der Waals surface area contributed by atoms with Gasteiger partial charge in [0.25, 0.3) is 0 Å². The normalized spacial score (nSPS) is 11.5. The Morgan fingerprint density at radius 1 is 0.957 bits per heavy atom. The lowest BCUT2D eigenvalue weighted by Gasteiger charge is -1.98. The molecule has 0 aliphatic heterocycles. The molecule has 1 N–H and O–H groups in total. The van der Waals surface area contributed by atoms with Gasteiger partial charge >= 0.3 is 0 Å². The van der Waals surface area contributed by atoms with E-state index in [-0.39, 0.29) is 11.5 Å². The predicted molar refractivity (Wildman–Crippen MR) is 93.3 cm³/mol. The fraction of sp³-hybridized carbons (Fsp3) is 0.0500. The molecule has 0 radical (unpaired) electrons. The van der Waals surface area contributed by atoms with Crippen molar-refractivity contribution in [2.75, 3.05) is 7.11 Å². The molecule has 0 amide bonds. The van der Waals surface area contributed by atoms with E-state index in [9.17, 15) is 9.90 Å². The quantitative estimate of drug-likeness (QED) is 0.641. The van der Waals surface area contributed by atoms with Gasteiger partial charge in [-0.25, -0.2) is 0 Å². The lowest BCUT2D eigenvalue weighted by atomic mass is 10.2. The number of carbonyl (C=O) groups is 1. The van der Waals surface area contributed by atoms with Crippen LogP contribution in [0.25, 0.3) is 12.2 Å². The molecule has 0 aliphatic carbocycles. The van der Waals surface area contributed by atoms with Gasteiger partial charge in [0, 0.05) is 0 Å². The van der Waals surface area contributed by atoms with E-state index in [1.54, 1.807) is 43.5 Å². The van der Waals surface area contributed by atoms with Gasteiger partial charge in [-0.2, -0.15) is 0 Å². The van der Waals surface area contributed by atoms with Gasteiger partial charge in [-0.05, 0) is 47.5 Å². The summed E-state index contributed by atoms with van der Waals surface area (Å²) in [6.07, 6.45) is 10.0. The summed E-state index contributed by atoms with van der Waals surface area (Å²) < 4.78 is 5.08. The number of ketones is 1. The summed E-state index contributed by atoms with van der Waals surface area (Å²) in [5.41, 5.74) is 1.80. The van der Waals surface area contributed by atoms with E-state index in [1.807, 2.05) is 36.4 Å². The second-order valence-electron chi connectivity index (χ2n) is 4.82.